The number of aromatic nitrogens is 3. The Hall–Kier alpha value is -2.41. The van der Waals surface area contributed by atoms with Gasteiger partial charge in [0.15, 0.2) is 0 Å². The molecule has 4 bridgehead atoms. The molecule has 4 fully saturated rings. The van der Waals surface area contributed by atoms with Crippen LogP contribution in [0.3, 0.4) is 0 Å². The molecule has 4 nitrogen and oxygen atoms in total. The topological polar surface area (TPSA) is 54.5 Å². The van der Waals surface area contributed by atoms with Crippen LogP contribution in [0, 0.1) is 35.0 Å². The van der Waals surface area contributed by atoms with Crippen molar-refractivity contribution in [3.8, 4) is 6.07 Å². The average Bonchev–Trinajstić information content (AvgIpc) is 3.12. The van der Waals surface area contributed by atoms with Gasteiger partial charge in [-0.3, -0.25) is 0 Å². The van der Waals surface area contributed by atoms with Gasteiger partial charge in [-0.15, -0.1) is 5.10 Å². The van der Waals surface area contributed by atoms with Crippen molar-refractivity contribution in [3.05, 3.63) is 53.4 Å². The zero-order valence-electron chi connectivity index (χ0n) is 13.6. The molecule has 0 unspecified atom stereocenters. The number of allylic oxidation sites excluding steroid dienone is 1. The molecule has 4 aliphatic rings. The number of rotatable bonds is 2. The van der Waals surface area contributed by atoms with Crippen molar-refractivity contribution < 1.29 is 0 Å². The van der Waals surface area contributed by atoms with Gasteiger partial charge in [0.2, 0.25) is 0 Å². The first-order chi connectivity index (χ1) is 11.8. The molecule has 4 saturated carbocycles. The lowest BCUT2D eigenvalue weighted by Crippen LogP contribution is -2.41. The molecule has 0 radical (unpaired) electrons. The van der Waals surface area contributed by atoms with Gasteiger partial charge in [0.25, 0.3) is 0 Å². The maximum absolute atomic E-state index is 9.08. The van der Waals surface area contributed by atoms with Gasteiger partial charge in [0.05, 0.1) is 29.7 Å². The summed E-state index contributed by atoms with van der Waals surface area (Å²) in [5.74, 6) is 3.29. The smallest absolute Gasteiger partial charge is 0.0991 e. The predicted octanol–water partition coefficient (Wildman–Crippen LogP) is 3.87. The molecule has 1 aromatic heterocycles. The first-order valence-electron chi connectivity index (χ1n) is 8.93. The third-order valence-corrected chi connectivity index (χ3v) is 6.23. The van der Waals surface area contributed by atoms with Crippen LogP contribution in [0.1, 0.15) is 43.2 Å². The zero-order chi connectivity index (χ0) is 16.1. The van der Waals surface area contributed by atoms with Crippen LogP contribution < -0.4 is 0 Å². The Morgan fingerprint density at radius 1 is 1.00 bits per heavy atom. The quantitative estimate of drug-likeness (QED) is 0.845. The minimum Gasteiger partial charge on any atom is -0.220 e. The summed E-state index contributed by atoms with van der Waals surface area (Å²) in [7, 11) is 0. The lowest BCUT2D eigenvalue weighted by molar-refractivity contribution is 0.0700. The van der Waals surface area contributed by atoms with Crippen molar-refractivity contribution >= 4 is 5.70 Å². The zero-order valence-corrected chi connectivity index (χ0v) is 13.6. The highest BCUT2D eigenvalue weighted by Gasteiger charge is 2.46. The molecule has 0 spiro atoms. The summed E-state index contributed by atoms with van der Waals surface area (Å²) in [6.45, 7) is 0. The van der Waals surface area contributed by atoms with Gasteiger partial charge in [-0.25, -0.2) is 4.68 Å². The van der Waals surface area contributed by atoms with Crippen LogP contribution in [0.5, 0.6) is 0 Å². The maximum atomic E-state index is 9.08. The van der Waals surface area contributed by atoms with Crippen LogP contribution in [-0.4, -0.2) is 15.0 Å². The minimum absolute atomic E-state index is 0.701. The number of hydrogen-bond acceptors (Lipinski definition) is 3. The average molecular weight is 316 g/mol. The second-order valence-electron chi connectivity index (χ2n) is 7.65. The van der Waals surface area contributed by atoms with E-state index < -0.39 is 0 Å². The Kier molecular flexibility index (Phi) is 3.09. The third kappa shape index (κ3) is 2.11. The second-order valence-corrected chi connectivity index (χ2v) is 7.65. The Morgan fingerprint density at radius 3 is 2.21 bits per heavy atom. The summed E-state index contributed by atoms with van der Waals surface area (Å²) in [4.78, 5) is 0. The molecule has 4 aliphatic carbocycles. The van der Waals surface area contributed by atoms with E-state index in [9.17, 15) is 0 Å². The molecule has 1 heterocycles. The lowest BCUT2D eigenvalue weighted by atomic mass is 9.53. The number of nitriles is 1. The van der Waals surface area contributed by atoms with Crippen molar-refractivity contribution in [2.24, 2.45) is 23.7 Å². The molecule has 4 heteroatoms. The van der Waals surface area contributed by atoms with Crippen LogP contribution in [0.2, 0.25) is 0 Å². The van der Waals surface area contributed by atoms with E-state index in [4.69, 9.17) is 5.26 Å². The van der Waals surface area contributed by atoms with E-state index in [1.54, 1.807) is 11.8 Å². The fourth-order valence-corrected chi connectivity index (χ4v) is 5.54. The van der Waals surface area contributed by atoms with E-state index in [2.05, 4.69) is 28.5 Å². The fourth-order valence-electron chi connectivity index (χ4n) is 5.54. The molecule has 0 aliphatic heterocycles. The SMILES string of the molecule is N#Cc1ccc(C(=C2C3CC4CC(C3)CC2C4)n2ccnn2)cc1. The number of nitrogens with zero attached hydrogens (tertiary/aromatic N) is 4. The van der Waals surface area contributed by atoms with Gasteiger partial charge in [-0.1, -0.05) is 17.3 Å². The third-order valence-electron chi connectivity index (χ3n) is 6.23. The van der Waals surface area contributed by atoms with E-state index in [1.165, 1.54) is 37.8 Å². The van der Waals surface area contributed by atoms with Crippen molar-refractivity contribution in [1.82, 2.24) is 15.0 Å². The summed E-state index contributed by atoms with van der Waals surface area (Å²) in [6, 6.07) is 10.1. The van der Waals surface area contributed by atoms with Crippen molar-refractivity contribution in [1.29, 1.82) is 5.26 Å². The molecule has 0 amide bonds. The summed E-state index contributed by atoms with van der Waals surface area (Å²) in [5.41, 5.74) is 4.66. The van der Waals surface area contributed by atoms with Crippen LogP contribution >= 0.6 is 0 Å². The molecule has 0 atom stereocenters. The highest BCUT2D eigenvalue weighted by molar-refractivity contribution is 5.70. The Balaban J connectivity index is 1.68. The van der Waals surface area contributed by atoms with Gasteiger partial charge in [-0.2, -0.15) is 5.26 Å². The molecule has 1 aromatic carbocycles. The highest BCUT2D eigenvalue weighted by Crippen LogP contribution is 2.57. The Labute approximate surface area is 141 Å². The first-order valence-corrected chi connectivity index (χ1v) is 8.93. The van der Waals surface area contributed by atoms with E-state index in [-0.39, 0.29) is 0 Å². The van der Waals surface area contributed by atoms with Gasteiger partial charge in [0.1, 0.15) is 0 Å². The van der Waals surface area contributed by atoms with E-state index in [0.717, 1.165) is 17.4 Å². The summed E-state index contributed by atoms with van der Waals surface area (Å²) < 4.78 is 1.94. The standard InChI is InChI=1S/C20H20N4/c21-12-13-1-3-16(4-2-13)20(24-6-5-22-23-24)19-17-8-14-7-15(10-17)11-18(19)9-14/h1-6,14-15,17-18H,7-11H2. The molecule has 24 heavy (non-hydrogen) atoms. The van der Waals surface area contributed by atoms with Crippen molar-refractivity contribution in [2.75, 3.05) is 0 Å². The predicted molar refractivity (Wildman–Crippen MR) is 90.5 cm³/mol. The Bertz CT molecular complexity index is 794. The summed E-state index contributed by atoms with van der Waals surface area (Å²) in [5, 5.41) is 17.4. The molecule has 6 rings (SSSR count). The largest absolute Gasteiger partial charge is 0.220 e. The number of benzene rings is 1. The monoisotopic (exact) mass is 316 g/mol. The maximum Gasteiger partial charge on any atom is 0.0991 e. The highest BCUT2D eigenvalue weighted by atomic mass is 15.4. The molecule has 0 saturated heterocycles. The van der Waals surface area contributed by atoms with Gasteiger partial charge < -0.3 is 0 Å². The van der Waals surface area contributed by atoms with Crippen molar-refractivity contribution in [3.63, 3.8) is 0 Å². The van der Waals surface area contributed by atoms with Crippen LogP contribution in [0.4, 0.5) is 0 Å². The van der Waals surface area contributed by atoms with E-state index in [0.29, 0.717) is 17.4 Å². The minimum atomic E-state index is 0.701. The first kappa shape index (κ1) is 14.0. The fraction of sp³-hybridized carbons (Fsp3) is 0.450. The summed E-state index contributed by atoms with van der Waals surface area (Å²) >= 11 is 0. The molecule has 0 N–H and O–H groups in total. The van der Waals surface area contributed by atoms with Crippen molar-refractivity contribution in [2.45, 2.75) is 32.1 Å². The lowest BCUT2D eigenvalue weighted by Gasteiger charge is -2.52. The van der Waals surface area contributed by atoms with Crippen LogP contribution in [-0.2, 0) is 0 Å². The van der Waals surface area contributed by atoms with E-state index >= 15 is 0 Å². The second kappa shape index (κ2) is 5.31. The molecule has 120 valence electrons. The molecular weight excluding hydrogens is 296 g/mol. The van der Waals surface area contributed by atoms with Gasteiger partial charge >= 0.3 is 0 Å². The van der Waals surface area contributed by atoms with E-state index in [1.807, 2.05) is 23.0 Å². The molecule has 2 aromatic rings. The Morgan fingerprint density at radius 2 is 1.67 bits per heavy atom. The number of hydrogen-bond donors (Lipinski definition) is 0. The van der Waals surface area contributed by atoms with Crippen LogP contribution in [0.15, 0.2) is 42.2 Å². The van der Waals surface area contributed by atoms with Crippen LogP contribution in [0.25, 0.3) is 5.70 Å². The van der Waals surface area contributed by atoms with Gasteiger partial charge in [-0.05, 0) is 73.5 Å². The van der Waals surface area contributed by atoms with Gasteiger partial charge in [0, 0.05) is 5.56 Å². The normalized spacial score (nSPS) is 30.4. The summed E-state index contributed by atoms with van der Waals surface area (Å²) in [6.07, 6.45) is 10.5. The molecular formula is C20H20N4.